The molecule has 5 rings (SSSR count). The summed E-state index contributed by atoms with van der Waals surface area (Å²) in [7, 11) is -3.91. The lowest BCUT2D eigenvalue weighted by Crippen LogP contribution is -2.30. The Hall–Kier alpha value is -4.22. The van der Waals surface area contributed by atoms with Gasteiger partial charge >= 0.3 is 5.69 Å². The Balaban J connectivity index is 1.55. The van der Waals surface area contributed by atoms with Gasteiger partial charge in [0.1, 0.15) is 17.2 Å². The average molecular weight is 624 g/mol. The summed E-state index contributed by atoms with van der Waals surface area (Å²) in [4.78, 5) is 35.5. The smallest absolute Gasteiger partial charge is 0.330 e. The Kier molecular flexibility index (Phi) is 8.57. The first-order valence-corrected chi connectivity index (χ1v) is 15.7. The average Bonchev–Trinajstić information content (AvgIpc) is 3.40. The molecule has 5 aromatic rings. The summed E-state index contributed by atoms with van der Waals surface area (Å²) in [5.41, 5.74) is 1.87. The van der Waals surface area contributed by atoms with Crippen molar-refractivity contribution in [1.29, 1.82) is 0 Å². The number of nitrogens with zero attached hydrogens (tertiary/aromatic N) is 2. The van der Waals surface area contributed by atoms with Crippen LogP contribution in [0.15, 0.2) is 75.1 Å². The number of aromatic amines is 2. The molecule has 2 aromatic heterocycles. The van der Waals surface area contributed by atoms with Gasteiger partial charge in [0.2, 0.25) is 0 Å². The van der Waals surface area contributed by atoms with Crippen molar-refractivity contribution in [1.82, 2.24) is 19.5 Å². The van der Waals surface area contributed by atoms with E-state index in [1.165, 1.54) is 16.7 Å². The summed E-state index contributed by atoms with van der Waals surface area (Å²) >= 11 is 6.15. The van der Waals surface area contributed by atoms with E-state index in [4.69, 9.17) is 11.6 Å². The molecule has 0 bridgehead atoms. The summed E-state index contributed by atoms with van der Waals surface area (Å²) in [5.74, 6) is -0.565. The molecule has 0 aliphatic rings. The van der Waals surface area contributed by atoms with Crippen LogP contribution in [0.25, 0.3) is 11.2 Å². The van der Waals surface area contributed by atoms with Gasteiger partial charge in [-0.15, -0.1) is 0 Å². The Morgan fingerprint density at radius 1 is 1.02 bits per heavy atom. The van der Waals surface area contributed by atoms with Crippen LogP contribution in [0.4, 0.5) is 10.1 Å². The van der Waals surface area contributed by atoms with E-state index in [0.29, 0.717) is 51.8 Å². The van der Waals surface area contributed by atoms with Crippen LogP contribution >= 0.6 is 11.6 Å². The lowest BCUT2D eigenvalue weighted by atomic mass is 9.91. The van der Waals surface area contributed by atoms with Crippen molar-refractivity contribution in [3.8, 4) is 0 Å². The minimum atomic E-state index is -3.91. The maximum atomic E-state index is 14.8. The van der Waals surface area contributed by atoms with Crippen molar-refractivity contribution in [3.05, 3.63) is 120 Å². The molecule has 3 N–H and O–H groups in total. The molecule has 12 heteroatoms. The molecule has 0 saturated carbocycles. The maximum absolute atomic E-state index is 14.8. The normalized spacial score (nSPS) is 12.5. The summed E-state index contributed by atoms with van der Waals surface area (Å²) in [5, 5.41) is 0.483. The molecule has 224 valence electrons. The molecule has 3 aromatic carbocycles. The predicted molar refractivity (Wildman–Crippen MR) is 166 cm³/mol. The molecule has 0 saturated heterocycles. The molecule has 1 unspecified atom stereocenters. The molecule has 0 spiro atoms. The number of benzene rings is 3. The van der Waals surface area contributed by atoms with Crippen molar-refractivity contribution >= 4 is 38.5 Å². The van der Waals surface area contributed by atoms with Crippen molar-refractivity contribution < 1.29 is 12.8 Å². The van der Waals surface area contributed by atoms with Gasteiger partial charge in [-0.3, -0.25) is 19.1 Å². The van der Waals surface area contributed by atoms with Crippen molar-refractivity contribution in [2.24, 2.45) is 0 Å². The number of anilines is 1. The predicted octanol–water partition coefficient (Wildman–Crippen LogP) is 5.80. The number of rotatable bonds is 10. The third kappa shape index (κ3) is 6.28. The zero-order valence-electron chi connectivity index (χ0n) is 23.9. The standard InChI is InChI=1S/C31H31ClFN5O4S/c1-4-5-14-38-29-27(30(39)36-31(38)40)34-28(35-29)23(17-21-8-6-7-9-25(21)33)20-10-12-22(13-11-20)37-43(41,42)26-16-18(2)24(32)15-19(26)3/h6-13,15-16,23,37H,4-5,14,17H2,1-3H3,(H,34,35)(H,36,39,40). The van der Waals surface area contributed by atoms with Gasteiger partial charge < -0.3 is 4.98 Å². The first kappa shape index (κ1) is 30.2. The zero-order chi connectivity index (χ0) is 30.9. The number of nitrogens with one attached hydrogen (secondary N) is 3. The first-order chi connectivity index (χ1) is 20.5. The largest absolute Gasteiger partial charge is 0.336 e. The summed E-state index contributed by atoms with van der Waals surface area (Å²) < 4.78 is 45.2. The first-order valence-electron chi connectivity index (χ1n) is 13.8. The maximum Gasteiger partial charge on any atom is 0.330 e. The molecule has 43 heavy (non-hydrogen) atoms. The van der Waals surface area contributed by atoms with Crippen LogP contribution in [0.2, 0.25) is 5.02 Å². The Morgan fingerprint density at radius 2 is 1.74 bits per heavy atom. The number of hydrogen-bond acceptors (Lipinski definition) is 5. The molecule has 0 amide bonds. The van der Waals surface area contributed by atoms with Crippen LogP contribution in [0, 0.1) is 19.7 Å². The van der Waals surface area contributed by atoms with Crippen molar-refractivity contribution in [2.75, 3.05) is 4.72 Å². The second kappa shape index (κ2) is 12.2. The summed E-state index contributed by atoms with van der Waals surface area (Å²) in [6, 6.07) is 16.2. The molecule has 9 nitrogen and oxygen atoms in total. The Morgan fingerprint density at radius 3 is 2.44 bits per heavy atom. The van der Waals surface area contributed by atoms with Crippen molar-refractivity contribution in [3.63, 3.8) is 0 Å². The number of hydrogen-bond donors (Lipinski definition) is 3. The van der Waals surface area contributed by atoms with Gasteiger partial charge in [-0.25, -0.2) is 22.6 Å². The molecule has 0 radical (unpaired) electrons. The number of halogens is 2. The fourth-order valence-corrected chi connectivity index (χ4v) is 6.63. The van der Waals surface area contributed by atoms with E-state index >= 15 is 0 Å². The topological polar surface area (TPSA) is 130 Å². The molecular formula is C31H31ClFN5O4S. The van der Waals surface area contributed by atoms with Gasteiger partial charge in [-0.1, -0.05) is 55.3 Å². The van der Waals surface area contributed by atoms with Crippen LogP contribution in [0.5, 0.6) is 0 Å². The summed E-state index contributed by atoms with van der Waals surface area (Å²) in [6.45, 7) is 5.79. The van der Waals surface area contributed by atoms with E-state index < -0.39 is 27.2 Å². The highest BCUT2D eigenvalue weighted by Gasteiger charge is 2.24. The lowest BCUT2D eigenvalue weighted by Gasteiger charge is -2.17. The number of aromatic nitrogens is 4. The molecule has 0 fully saturated rings. The van der Waals surface area contributed by atoms with Crippen LogP contribution in [-0.4, -0.2) is 27.9 Å². The fraction of sp³-hybridized carbons (Fsp3) is 0.258. The van der Waals surface area contributed by atoms with Crippen LogP contribution in [0.1, 0.15) is 53.8 Å². The van der Waals surface area contributed by atoms with Crippen LogP contribution in [0.3, 0.4) is 0 Å². The monoisotopic (exact) mass is 623 g/mol. The molecule has 0 aliphatic carbocycles. The zero-order valence-corrected chi connectivity index (χ0v) is 25.4. The number of imidazole rings is 1. The lowest BCUT2D eigenvalue weighted by molar-refractivity contribution is 0.597. The third-order valence-corrected chi connectivity index (χ3v) is 9.34. The third-order valence-electron chi connectivity index (χ3n) is 7.41. The molecule has 0 aliphatic heterocycles. The van der Waals surface area contributed by atoms with Gasteiger partial charge in [0, 0.05) is 23.2 Å². The van der Waals surface area contributed by atoms with Gasteiger partial charge in [0.25, 0.3) is 15.6 Å². The fourth-order valence-electron chi connectivity index (χ4n) is 5.04. The van der Waals surface area contributed by atoms with Gasteiger partial charge in [0.15, 0.2) is 5.65 Å². The van der Waals surface area contributed by atoms with Gasteiger partial charge in [0.05, 0.1) is 4.90 Å². The molecular weight excluding hydrogens is 593 g/mol. The van der Waals surface area contributed by atoms with E-state index in [1.807, 2.05) is 6.92 Å². The summed E-state index contributed by atoms with van der Waals surface area (Å²) in [6.07, 6.45) is 1.75. The van der Waals surface area contributed by atoms with E-state index in [-0.39, 0.29) is 28.3 Å². The van der Waals surface area contributed by atoms with E-state index in [9.17, 15) is 22.4 Å². The second-order valence-corrected chi connectivity index (χ2v) is 12.6. The van der Waals surface area contributed by atoms with Crippen molar-refractivity contribution in [2.45, 2.75) is 57.4 Å². The van der Waals surface area contributed by atoms with Gasteiger partial charge in [-0.05, 0) is 79.3 Å². The molecule has 1 atom stereocenters. The Bertz CT molecular complexity index is 2030. The van der Waals surface area contributed by atoms with E-state index in [1.54, 1.807) is 62.4 Å². The Labute approximate surface area is 252 Å². The minimum absolute atomic E-state index is 0.123. The molecule has 2 heterocycles. The quantitative estimate of drug-likeness (QED) is 0.181. The van der Waals surface area contributed by atoms with Gasteiger partial charge in [-0.2, -0.15) is 0 Å². The number of unbranched alkanes of at least 4 members (excludes halogenated alkanes) is 1. The number of aryl methyl sites for hydroxylation is 3. The van der Waals surface area contributed by atoms with E-state index in [0.717, 1.165) is 6.42 Å². The highest BCUT2D eigenvalue weighted by molar-refractivity contribution is 7.92. The highest BCUT2D eigenvalue weighted by atomic mass is 35.5. The second-order valence-electron chi connectivity index (χ2n) is 10.5. The number of fused-ring (bicyclic) bond motifs is 1. The highest BCUT2D eigenvalue weighted by Crippen LogP contribution is 2.31. The van der Waals surface area contributed by atoms with E-state index in [2.05, 4.69) is 19.7 Å². The number of H-pyrrole nitrogens is 2. The van der Waals surface area contributed by atoms with Crippen LogP contribution < -0.4 is 16.0 Å². The minimum Gasteiger partial charge on any atom is -0.336 e. The van der Waals surface area contributed by atoms with Crippen LogP contribution in [-0.2, 0) is 23.0 Å². The number of sulfonamides is 1. The SMILES string of the molecule is CCCCn1c(=O)[nH]c(=O)c2[nH]c(C(Cc3ccccc3F)c3ccc(NS(=O)(=O)c4cc(C)c(Cl)cc4C)cc3)nc21.